The lowest BCUT2D eigenvalue weighted by Gasteiger charge is -2.27. The molecule has 1 fully saturated rings. The van der Waals surface area contributed by atoms with Crippen molar-refractivity contribution in [1.82, 2.24) is 5.32 Å². The van der Waals surface area contributed by atoms with E-state index in [0.29, 0.717) is 24.2 Å². The second-order valence-electron chi connectivity index (χ2n) is 8.37. The summed E-state index contributed by atoms with van der Waals surface area (Å²) in [6, 6.07) is 23.8. The van der Waals surface area contributed by atoms with Crippen LogP contribution < -0.4 is 21.3 Å². The number of piperidine rings is 1. The summed E-state index contributed by atoms with van der Waals surface area (Å²) in [5.74, 6) is -0.0355. The average Bonchev–Trinajstić information content (AvgIpc) is 2.87. The van der Waals surface area contributed by atoms with Crippen molar-refractivity contribution >= 4 is 29.0 Å². The number of nitrogens with one attached hydrogen (secondary N) is 3. The topological polar surface area (TPSA) is 111 Å². The van der Waals surface area contributed by atoms with Gasteiger partial charge in [0.15, 0.2) is 0 Å². The zero-order valence-electron chi connectivity index (χ0n) is 19.0. The zero-order chi connectivity index (χ0) is 23.9. The van der Waals surface area contributed by atoms with E-state index in [0.717, 1.165) is 36.2 Å². The molecule has 3 aromatic carbocycles. The molecule has 0 bridgehead atoms. The zero-order valence-corrected chi connectivity index (χ0v) is 19.0. The molecule has 7 heteroatoms. The highest BCUT2D eigenvalue weighted by Gasteiger charge is 2.21. The Morgan fingerprint density at radius 1 is 1.00 bits per heavy atom. The summed E-state index contributed by atoms with van der Waals surface area (Å²) in [5.41, 5.74) is 9.58. The SMILES string of the molecule is N=C(N)c1cccc(N[C@H](C(=O)NCc2ccc(N3CCCCC3=O)cc2)c2ccccc2)c1. The monoisotopic (exact) mass is 455 g/mol. The van der Waals surface area contributed by atoms with E-state index in [-0.39, 0.29) is 17.6 Å². The Balaban J connectivity index is 1.45. The van der Waals surface area contributed by atoms with Crippen molar-refractivity contribution in [3.63, 3.8) is 0 Å². The van der Waals surface area contributed by atoms with E-state index >= 15 is 0 Å². The third-order valence-electron chi connectivity index (χ3n) is 5.92. The highest BCUT2D eigenvalue weighted by atomic mass is 16.2. The van der Waals surface area contributed by atoms with Gasteiger partial charge in [0.25, 0.3) is 0 Å². The molecule has 7 nitrogen and oxygen atoms in total. The normalized spacial score (nSPS) is 14.4. The molecule has 4 rings (SSSR count). The first-order valence-corrected chi connectivity index (χ1v) is 11.4. The van der Waals surface area contributed by atoms with Crippen molar-refractivity contribution in [2.75, 3.05) is 16.8 Å². The number of nitrogen functional groups attached to an aromatic ring is 1. The maximum atomic E-state index is 13.2. The van der Waals surface area contributed by atoms with Crippen molar-refractivity contribution in [3.8, 4) is 0 Å². The molecular weight excluding hydrogens is 426 g/mol. The van der Waals surface area contributed by atoms with Gasteiger partial charge < -0.3 is 21.3 Å². The highest BCUT2D eigenvalue weighted by molar-refractivity contribution is 5.96. The fraction of sp³-hybridized carbons (Fsp3) is 0.222. The molecule has 0 radical (unpaired) electrons. The van der Waals surface area contributed by atoms with Crippen molar-refractivity contribution < 1.29 is 9.59 Å². The van der Waals surface area contributed by atoms with Gasteiger partial charge in [0, 0.05) is 36.4 Å². The molecule has 1 atom stereocenters. The number of anilines is 2. The van der Waals surface area contributed by atoms with Crippen LogP contribution in [0.15, 0.2) is 78.9 Å². The molecule has 0 aliphatic carbocycles. The van der Waals surface area contributed by atoms with Crippen molar-refractivity contribution in [1.29, 1.82) is 5.41 Å². The van der Waals surface area contributed by atoms with Gasteiger partial charge in [-0.25, -0.2) is 0 Å². The van der Waals surface area contributed by atoms with Crippen molar-refractivity contribution in [2.24, 2.45) is 5.73 Å². The van der Waals surface area contributed by atoms with E-state index in [1.54, 1.807) is 18.2 Å². The summed E-state index contributed by atoms with van der Waals surface area (Å²) in [6.45, 7) is 1.12. The van der Waals surface area contributed by atoms with Crippen LogP contribution in [0.25, 0.3) is 0 Å². The lowest BCUT2D eigenvalue weighted by molar-refractivity contribution is -0.122. The van der Waals surface area contributed by atoms with Crippen LogP contribution in [0, 0.1) is 5.41 Å². The molecule has 1 aliphatic heterocycles. The maximum Gasteiger partial charge on any atom is 0.247 e. The minimum absolute atomic E-state index is 0.0286. The molecule has 1 heterocycles. The Hall–Kier alpha value is -4.13. The molecule has 5 N–H and O–H groups in total. The van der Waals surface area contributed by atoms with E-state index < -0.39 is 6.04 Å². The number of hydrogen-bond acceptors (Lipinski definition) is 4. The van der Waals surface area contributed by atoms with E-state index in [9.17, 15) is 9.59 Å². The predicted octanol–water partition coefficient (Wildman–Crippen LogP) is 3.96. The molecule has 3 aromatic rings. The summed E-state index contributed by atoms with van der Waals surface area (Å²) < 4.78 is 0. The predicted molar refractivity (Wildman–Crippen MR) is 135 cm³/mol. The third kappa shape index (κ3) is 5.61. The Morgan fingerprint density at radius 2 is 1.76 bits per heavy atom. The minimum atomic E-state index is -0.617. The second kappa shape index (κ2) is 10.7. The molecule has 0 unspecified atom stereocenters. The summed E-state index contributed by atoms with van der Waals surface area (Å²) in [7, 11) is 0. The summed E-state index contributed by atoms with van der Waals surface area (Å²) >= 11 is 0. The van der Waals surface area contributed by atoms with Gasteiger partial charge in [-0.05, 0) is 48.2 Å². The molecule has 0 aromatic heterocycles. The number of carbonyl (C=O) groups is 2. The Labute approximate surface area is 199 Å². The Bertz CT molecular complexity index is 1160. The van der Waals surface area contributed by atoms with Crippen LogP contribution in [0.4, 0.5) is 11.4 Å². The first-order valence-electron chi connectivity index (χ1n) is 11.4. The van der Waals surface area contributed by atoms with E-state index in [2.05, 4.69) is 10.6 Å². The minimum Gasteiger partial charge on any atom is -0.384 e. The van der Waals surface area contributed by atoms with Crippen LogP contribution in [0.2, 0.25) is 0 Å². The number of nitrogens with two attached hydrogens (primary N) is 1. The van der Waals surface area contributed by atoms with Gasteiger partial charge in [-0.2, -0.15) is 0 Å². The summed E-state index contributed by atoms with van der Waals surface area (Å²) in [4.78, 5) is 27.2. The molecule has 174 valence electrons. The van der Waals surface area contributed by atoms with Crippen molar-refractivity contribution in [2.45, 2.75) is 31.8 Å². The fourth-order valence-corrected chi connectivity index (χ4v) is 4.05. The van der Waals surface area contributed by atoms with E-state index in [1.165, 1.54) is 0 Å². The Kier molecular flexibility index (Phi) is 7.22. The first-order chi connectivity index (χ1) is 16.5. The number of benzene rings is 3. The number of hydrogen-bond donors (Lipinski definition) is 4. The number of amides is 2. The number of nitrogens with zero attached hydrogens (tertiary/aromatic N) is 1. The molecule has 1 aliphatic rings. The average molecular weight is 456 g/mol. The standard InChI is InChI=1S/C27H29N5O2/c28-26(29)21-9-6-10-22(17-21)31-25(20-7-2-1-3-8-20)27(34)30-18-19-12-14-23(15-13-19)32-16-5-4-11-24(32)33/h1-3,6-10,12-15,17,25,31H,4-5,11,16,18H2,(H3,28,29)(H,30,34)/t25-/m0/s1. The van der Waals surface area contributed by atoms with Crippen LogP contribution in [-0.2, 0) is 16.1 Å². The van der Waals surface area contributed by atoms with Gasteiger partial charge in [0.1, 0.15) is 11.9 Å². The third-order valence-corrected chi connectivity index (χ3v) is 5.92. The van der Waals surface area contributed by atoms with Crippen LogP contribution in [0.3, 0.4) is 0 Å². The molecule has 34 heavy (non-hydrogen) atoms. The van der Waals surface area contributed by atoms with E-state index in [1.807, 2.05) is 65.6 Å². The highest BCUT2D eigenvalue weighted by Crippen LogP contribution is 2.23. The van der Waals surface area contributed by atoms with Gasteiger partial charge in [0.05, 0.1) is 0 Å². The molecule has 0 saturated carbocycles. The van der Waals surface area contributed by atoms with Crippen LogP contribution in [0.1, 0.15) is 42.0 Å². The second-order valence-corrected chi connectivity index (χ2v) is 8.37. The van der Waals surface area contributed by atoms with Gasteiger partial charge in [-0.1, -0.05) is 54.6 Å². The lowest BCUT2D eigenvalue weighted by atomic mass is 10.0. The number of rotatable bonds is 8. The smallest absolute Gasteiger partial charge is 0.247 e. The summed E-state index contributed by atoms with van der Waals surface area (Å²) in [5, 5.41) is 14.0. The Morgan fingerprint density at radius 3 is 2.47 bits per heavy atom. The van der Waals surface area contributed by atoms with E-state index in [4.69, 9.17) is 11.1 Å². The number of carbonyl (C=O) groups excluding carboxylic acids is 2. The first kappa shape index (κ1) is 23.0. The van der Waals surface area contributed by atoms with Crippen molar-refractivity contribution in [3.05, 3.63) is 95.6 Å². The lowest BCUT2D eigenvalue weighted by Crippen LogP contribution is -2.35. The quantitative estimate of drug-likeness (QED) is 0.304. The number of amidine groups is 1. The van der Waals surface area contributed by atoms with Gasteiger partial charge in [0.2, 0.25) is 11.8 Å². The largest absolute Gasteiger partial charge is 0.384 e. The fourth-order valence-electron chi connectivity index (χ4n) is 4.05. The molecular formula is C27H29N5O2. The summed E-state index contributed by atoms with van der Waals surface area (Å²) in [6.07, 6.45) is 2.57. The van der Waals surface area contributed by atoms with Crippen LogP contribution in [0.5, 0.6) is 0 Å². The van der Waals surface area contributed by atoms with Gasteiger partial charge in [-0.3, -0.25) is 15.0 Å². The molecule has 2 amide bonds. The van der Waals surface area contributed by atoms with Gasteiger partial charge >= 0.3 is 0 Å². The molecule has 0 spiro atoms. The van der Waals surface area contributed by atoms with Crippen LogP contribution >= 0.6 is 0 Å². The maximum absolute atomic E-state index is 13.2. The van der Waals surface area contributed by atoms with Crippen LogP contribution in [-0.4, -0.2) is 24.2 Å². The van der Waals surface area contributed by atoms with Gasteiger partial charge in [-0.15, -0.1) is 0 Å². The molecule has 1 saturated heterocycles.